The number of hydrogen-bond acceptors (Lipinski definition) is 3. The van der Waals surface area contributed by atoms with E-state index in [2.05, 4.69) is 21.0 Å². The van der Waals surface area contributed by atoms with Gasteiger partial charge in [0.15, 0.2) is 0 Å². The first-order valence-electron chi connectivity index (χ1n) is 5.65. The van der Waals surface area contributed by atoms with Crippen molar-refractivity contribution in [2.75, 3.05) is 12.8 Å². The highest BCUT2D eigenvalue weighted by atomic mass is 79.9. The quantitative estimate of drug-likeness (QED) is 0.948. The smallest absolute Gasteiger partial charge is 0.119 e. The molecule has 2 rings (SSSR count). The van der Waals surface area contributed by atoms with Gasteiger partial charge < -0.3 is 10.5 Å². The lowest BCUT2D eigenvalue weighted by Crippen LogP contribution is -2.05. The van der Waals surface area contributed by atoms with Crippen LogP contribution < -0.4 is 10.5 Å². The molecule has 0 aliphatic rings. The molecule has 96 valence electrons. The maximum atomic E-state index is 5.93. The number of anilines is 1. The molecule has 0 saturated carbocycles. The van der Waals surface area contributed by atoms with Crippen molar-refractivity contribution in [3.05, 3.63) is 39.6 Å². The van der Waals surface area contributed by atoms with Gasteiger partial charge in [0.2, 0.25) is 0 Å². The third-order valence-electron chi connectivity index (χ3n) is 3.01. The standard InChI is InChI=1S/C13H16BrN3O/c1-8-13(15)9(2)17(16-8)7-10-6-11(18-3)4-5-12(10)14/h4-6H,7,15H2,1-3H3. The third kappa shape index (κ3) is 2.36. The Bertz CT molecular complexity index is 578. The molecule has 1 heterocycles. The van der Waals surface area contributed by atoms with Crippen LogP contribution in [-0.2, 0) is 6.54 Å². The van der Waals surface area contributed by atoms with Crippen LogP contribution in [0, 0.1) is 13.8 Å². The van der Waals surface area contributed by atoms with Crippen molar-refractivity contribution in [2.45, 2.75) is 20.4 Å². The van der Waals surface area contributed by atoms with Gasteiger partial charge in [-0.25, -0.2) is 0 Å². The summed E-state index contributed by atoms with van der Waals surface area (Å²) >= 11 is 3.54. The number of aryl methyl sites for hydroxylation is 1. The summed E-state index contributed by atoms with van der Waals surface area (Å²) in [7, 11) is 1.66. The van der Waals surface area contributed by atoms with Crippen molar-refractivity contribution < 1.29 is 4.74 Å². The highest BCUT2D eigenvalue weighted by Crippen LogP contribution is 2.24. The monoisotopic (exact) mass is 309 g/mol. The molecule has 1 aromatic heterocycles. The van der Waals surface area contributed by atoms with Gasteiger partial charge in [0, 0.05) is 4.47 Å². The molecule has 0 spiro atoms. The molecule has 2 aromatic rings. The zero-order valence-electron chi connectivity index (χ0n) is 10.7. The van der Waals surface area contributed by atoms with E-state index in [-0.39, 0.29) is 0 Å². The largest absolute Gasteiger partial charge is 0.497 e. The van der Waals surface area contributed by atoms with E-state index in [1.807, 2.05) is 36.7 Å². The molecule has 0 saturated heterocycles. The number of aromatic nitrogens is 2. The second-order valence-electron chi connectivity index (χ2n) is 4.20. The first-order chi connectivity index (χ1) is 8.52. The first kappa shape index (κ1) is 13.0. The molecule has 0 atom stereocenters. The first-order valence-corrected chi connectivity index (χ1v) is 6.44. The van der Waals surface area contributed by atoms with Gasteiger partial charge in [0.1, 0.15) is 5.75 Å². The van der Waals surface area contributed by atoms with Crippen LogP contribution in [-0.4, -0.2) is 16.9 Å². The highest BCUT2D eigenvalue weighted by Gasteiger charge is 2.10. The molecule has 0 fully saturated rings. The Kier molecular flexibility index (Phi) is 3.61. The lowest BCUT2D eigenvalue weighted by atomic mass is 10.2. The Balaban J connectivity index is 2.36. The van der Waals surface area contributed by atoms with Gasteiger partial charge in [-0.05, 0) is 37.6 Å². The zero-order chi connectivity index (χ0) is 13.3. The third-order valence-corrected chi connectivity index (χ3v) is 3.78. The summed E-state index contributed by atoms with van der Waals surface area (Å²) in [6, 6.07) is 5.89. The fraction of sp³-hybridized carbons (Fsp3) is 0.308. The minimum Gasteiger partial charge on any atom is -0.497 e. The van der Waals surface area contributed by atoms with Gasteiger partial charge in [0.25, 0.3) is 0 Å². The van der Waals surface area contributed by atoms with Gasteiger partial charge in [-0.2, -0.15) is 5.10 Å². The number of halogens is 1. The van der Waals surface area contributed by atoms with E-state index < -0.39 is 0 Å². The number of methoxy groups -OCH3 is 1. The number of benzene rings is 1. The van der Waals surface area contributed by atoms with Crippen LogP contribution in [0.3, 0.4) is 0 Å². The molecule has 18 heavy (non-hydrogen) atoms. The van der Waals surface area contributed by atoms with Crippen LogP contribution in [0.5, 0.6) is 5.75 Å². The fourth-order valence-electron chi connectivity index (χ4n) is 1.83. The molecule has 0 radical (unpaired) electrons. The number of ether oxygens (including phenoxy) is 1. The van der Waals surface area contributed by atoms with E-state index in [1.54, 1.807) is 7.11 Å². The van der Waals surface area contributed by atoms with Gasteiger partial charge in [-0.15, -0.1) is 0 Å². The predicted octanol–water partition coefficient (Wildman–Crippen LogP) is 2.90. The van der Waals surface area contributed by atoms with Crippen LogP contribution in [0.2, 0.25) is 0 Å². The fourth-order valence-corrected chi connectivity index (χ4v) is 2.20. The molecule has 0 amide bonds. The number of nitrogen functional groups attached to an aromatic ring is 1. The Labute approximate surface area is 115 Å². The molecular weight excluding hydrogens is 294 g/mol. The van der Waals surface area contributed by atoms with Gasteiger partial charge >= 0.3 is 0 Å². The highest BCUT2D eigenvalue weighted by molar-refractivity contribution is 9.10. The predicted molar refractivity (Wildman–Crippen MR) is 75.9 cm³/mol. The van der Waals surface area contributed by atoms with E-state index in [9.17, 15) is 0 Å². The van der Waals surface area contributed by atoms with E-state index in [4.69, 9.17) is 10.5 Å². The summed E-state index contributed by atoms with van der Waals surface area (Å²) in [5.41, 5.74) is 9.66. The second kappa shape index (κ2) is 5.02. The molecule has 0 bridgehead atoms. The summed E-state index contributed by atoms with van der Waals surface area (Å²) in [4.78, 5) is 0. The second-order valence-corrected chi connectivity index (χ2v) is 5.05. The molecule has 2 N–H and O–H groups in total. The maximum Gasteiger partial charge on any atom is 0.119 e. The summed E-state index contributed by atoms with van der Waals surface area (Å²) in [6.07, 6.45) is 0. The van der Waals surface area contributed by atoms with Crippen LogP contribution in [0.25, 0.3) is 0 Å². The van der Waals surface area contributed by atoms with Gasteiger partial charge in [-0.3, -0.25) is 4.68 Å². The van der Waals surface area contributed by atoms with Crippen molar-refractivity contribution in [3.63, 3.8) is 0 Å². The zero-order valence-corrected chi connectivity index (χ0v) is 12.3. The molecule has 5 heteroatoms. The van der Waals surface area contributed by atoms with E-state index in [0.717, 1.165) is 32.9 Å². The molecule has 1 aromatic carbocycles. The van der Waals surface area contributed by atoms with Crippen LogP contribution in [0.4, 0.5) is 5.69 Å². The van der Waals surface area contributed by atoms with Crippen molar-refractivity contribution in [1.29, 1.82) is 0 Å². The average molecular weight is 310 g/mol. The lowest BCUT2D eigenvalue weighted by Gasteiger charge is -2.09. The molecule has 0 unspecified atom stereocenters. The number of nitrogens with zero attached hydrogens (tertiary/aromatic N) is 2. The van der Waals surface area contributed by atoms with Crippen LogP contribution in [0.1, 0.15) is 17.0 Å². The summed E-state index contributed by atoms with van der Waals surface area (Å²) in [6.45, 7) is 4.56. The van der Waals surface area contributed by atoms with Crippen molar-refractivity contribution >= 4 is 21.6 Å². The number of rotatable bonds is 3. The molecule has 0 aliphatic carbocycles. The van der Waals surface area contributed by atoms with Crippen molar-refractivity contribution in [2.24, 2.45) is 0 Å². The minimum absolute atomic E-state index is 0.668. The van der Waals surface area contributed by atoms with E-state index in [1.165, 1.54) is 0 Å². The van der Waals surface area contributed by atoms with E-state index >= 15 is 0 Å². The summed E-state index contributed by atoms with van der Waals surface area (Å²) < 4.78 is 8.17. The van der Waals surface area contributed by atoms with E-state index in [0.29, 0.717) is 6.54 Å². The minimum atomic E-state index is 0.668. The summed E-state index contributed by atoms with van der Waals surface area (Å²) in [5.74, 6) is 0.836. The average Bonchev–Trinajstić information content (AvgIpc) is 2.60. The normalized spacial score (nSPS) is 10.7. The van der Waals surface area contributed by atoms with Crippen molar-refractivity contribution in [3.8, 4) is 5.75 Å². The van der Waals surface area contributed by atoms with Gasteiger partial charge in [-0.1, -0.05) is 15.9 Å². The maximum absolute atomic E-state index is 5.93. The molecule has 4 nitrogen and oxygen atoms in total. The van der Waals surface area contributed by atoms with Crippen LogP contribution in [0.15, 0.2) is 22.7 Å². The van der Waals surface area contributed by atoms with Gasteiger partial charge in [0.05, 0.1) is 30.7 Å². The van der Waals surface area contributed by atoms with Crippen LogP contribution >= 0.6 is 15.9 Å². The number of nitrogens with two attached hydrogens (primary N) is 1. The molecule has 0 aliphatic heterocycles. The Morgan fingerprint density at radius 1 is 1.39 bits per heavy atom. The lowest BCUT2D eigenvalue weighted by molar-refractivity contribution is 0.414. The summed E-state index contributed by atoms with van der Waals surface area (Å²) in [5, 5.41) is 4.43. The molecular formula is C13H16BrN3O. The topological polar surface area (TPSA) is 53.1 Å². The van der Waals surface area contributed by atoms with Crippen molar-refractivity contribution in [1.82, 2.24) is 9.78 Å². The SMILES string of the molecule is COc1ccc(Br)c(Cn2nc(C)c(N)c2C)c1. The number of hydrogen-bond donors (Lipinski definition) is 1. The Morgan fingerprint density at radius 3 is 2.67 bits per heavy atom. The Morgan fingerprint density at radius 2 is 2.11 bits per heavy atom. The Hall–Kier alpha value is -1.49.